The number of carbonyl (C=O) groups is 1. The fraction of sp³-hybridized carbons (Fsp3) is 0.556. The van der Waals surface area contributed by atoms with Gasteiger partial charge in [0.1, 0.15) is 0 Å². The molecule has 1 aromatic rings. The van der Waals surface area contributed by atoms with Crippen LogP contribution in [0.25, 0.3) is 0 Å². The van der Waals surface area contributed by atoms with Crippen LogP contribution in [0, 0.1) is 0 Å². The maximum atomic E-state index is 11.7. The van der Waals surface area contributed by atoms with E-state index in [9.17, 15) is 4.79 Å². The third kappa shape index (κ3) is 2.34. The van der Waals surface area contributed by atoms with Crippen LogP contribution in [0.15, 0.2) is 12.4 Å². The Kier molecular flexibility index (Phi) is 2.98. The molecule has 1 aromatic heterocycles. The number of aromatic amines is 1. The quantitative estimate of drug-likeness (QED) is 0.641. The molecular weight excluding hydrogens is 196 g/mol. The van der Waals surface area contributed by atoms with Gasteiger partial charge in [0.05, 0.1) is 24.0 Å². The molecule has 0 spiro atoms. The summed E-state index contributed by atoms with van der Waals surface area (Å²) in [5.74, 6) is -0.0454. The molecule has 1 amide bonds. The van der Waals surface area contributed by atoms with Gasteiger partial charge in [0.15, 0.2) is 0 Å². The number of anilines is 1. The van der Waals surface area contributed by atoms with Crippen molar-refractivity contribution >= 4 is 11.6 Å². The number of H-pyrrole nitrogens is 1. The van der Waals surface area contributed by atoms with Crippen molar-refractivity contribution in [3.8, 4) is 0 Å². The molecular formula is C9H14N4O2. The SMILES string of the molecule is COC1CNC(C(=O)Nc2cn[nH]c2)C1. The Hall–Kier alpha value is -1.40. The summed E-state index contributed by atoms with van der Waals surface area (Å²) in [6.07, 6.45) is 4.05. The van der Waals surface area contributed by atoms with Gasteiger partial charge in [0, 0.05) is 19.9 Å². The van der Waals surface area contributed by atoms with Crippen LogP contribution in [-0.4, -0.2) is 41.9 Å². The minimum Gasteiger partial charge on any atom is -0.380 e. The number of nitrogens with one attached hydrogen (secondary N) is 3. The predicted octanol–water partition coefficient (Wildman–Crippen LogP) is -0.275. The lowest BCUT2D eigenvalue weighted by molar-refractivity contribution is -0.118. The first-order valence-electron chi connectivity index (χ1n) is 4.85. The average molecular weight is 210 g/mol. The summed E-state index contributed by atoms with van der Waals surface area (Å²) in [5.41, 5.74) is 0.683. The second-order valence-corrected chi connectivity index (χ2v) is 3.53. The molecule has 2 rings (SSSR count). The van der Waals surface area contributed by atoms with Gasteiger partial charge in [-0.05, 0) is 6.42 Å². The second kappa shape index (κ2) is 4.41. The molecule has 2 heterocycles. The van der Waals surface area contributed by atoms with Crippen molar-refractivity contribution in [3.63, 3.8) is 0 Å². The van der Waals surface area contributed by atoms with Crippen molar-refractivity contribution in [1.82, 2.24) is 15.5 Å². The van der Waals surface area contributed by atoms with Gasteiger partial charge in [-0.25, -0.2) is 0 Å². The number of nitrogens with zero attached hydrogens (tertiary/aromatic N) is 1. The average Bonchev–Trinajstić information content (AvgIpc) is 2.86. The fourth-order valence-electron chi connectivity index (χ4n) is 1.63. The zero-order valence-electron chi connectivity index (χ0n) is 8.49. The molecule has 0 saturated carbocycles. The maximum Gasteiger partial charge on any atom is 0.241 e. The smallest absolute Gasteiger partial charge is 0.241 e. The summed E-state index contributed by atoms with van der Waals surface area (Å²) < 4.78 is 5.17. The number of amides is 1. The van der Waals surface area contributed by atoms with Crippen molar-refractivity contribution in [2.75, 3.05) is 19.0 Å². The molecule has 0 radical (unpaired) electrons. The molecule has 0 bridgehead atoms. The monoisotopic (exact) mass is 210 g/mol. The lowest BCUT2D eigenvalue weighted by Crippen LogP contribution is -2.35. The van der Waals surface area contributed by atoms with Gasteiger partial charge in [-0.15, -0.1) is 0 Å². The minimum absolute atomic E-state index is 0.0454. The van der Waals surface area contributed by atoms with E-state index in [2.05, 4.69) is 20.8 Å². The van der Waals surface area contributed by atoms with E-state index in [0.717, 1.165) is 6.54 Å². The number of methoxy groups -OCH3 is 1. The van der Waals surface area contributed by atoms with Gasteiger partial charge in [-0.1, -0.05) is 0 Å². The Morgan fingerprint density at radius 2 is 2.60 bits per heavy atom. The van der Waals surface area contributed by atoms with E-state index in [0.29, 0.717) is 12.1 Å². The van der Waals surface area contributed by atoms with E-state index in [4.69, 9.17) is 4.74 Å². The van der Waals surface area contributed by atoms with E-state index in [1.807, 2.05) is 0 Å². The molecule has 6 nitrogen and oxygen atoms in total. The summed E-state index contributed by atoms with van der Waals surface area (Å²) in [6.45, 7) is 0.722. The van der Waals surface area contributed by atoms with Gasteiger partial charge < -0.3 is 15.4 Å². The zero-order valence-corrected chi connectivity index (χ0v) is 8.49. The number of hydrogen-bond acceptors (Lipinski definition) is 4. The van der Waals surface area contributed by atoms with Crippen LogP contribution in [0.4, 0.5) is 5.69 Å². The third-order valence-electron chi connectivity index (χ3n) is 2.51. The standard InChI is InChI=1S/C9H14N4O2/c1-15-7-2-8(10-5-7)9(14)13-6-3-11-12-4-6/h3-4,7-8,10H,2,5H2,1H3,(H,11,12)(H,13,14). The first-order chi connectivity index (χ1) is 7.29. The fourth-order valence-corrected chi connectivity index (χ4v) is 1.63. The number of ether oxygens (including phenoxy) is 1. The number of rotatable bonds is 3. The van der Waals surface area contributed by atoms with Crippen LogP contribution in [0.3, 0.4) is 0 Å². The van der Waals surface area contributed by atoms with Crippen LogP contribution in [0.2, 0.25) is 0 Å². The van der Waals surface area contributed by atoms with Crippen molar-refractivity contribution in [2.45, 2.75) is 18.6 Å². The van der Waals surface area contributed by atoms with Crippen molar-refractivity contribution in [2.24, 2.45) is 0 Å². The topological polar surface area (TPSA) is 79.0 Å². The molecule has 6 heteroatoms. The molecule has 2 unspecified atom stereocenters. The molecule has 2 atom stereocenters. The summed E-state index contributed by atoms with van der Waals surface area (Å²) in [5, 5.41) is 12.2. The van der Waals surface area contributed by atoms with Gasteiger partial charge >= 0.3 is 0 Å². The van der Waals surface area contributed by atoms with E-state index in [1.165, 1.54) is 0 Å². The van der Waals surface area contributed by atoms with E-state index in [1.54, 1.807) is 19.5 Å². The molecule has 1 aliphatic rings. The van der Waals surface area contributed by atoms with E-state index >= 15 is 0 Å². The molecule has 0 aromatic carbocycles. The number of aromatic nitrogens is 2. The number of hydrogen-bond donors (Lipinski definition) is 3. The van der Waals surface area contributed by atoms with Crippen LogP contribution < -0.4 is 10.6 Å². The van der Waals surface area contributed by atoms with Crippen LogP contribution >= 0.6 is 0 Å². The first-order valence-corrected chi connectivity index (χ1v) is 4.85. The van der Waals surface area contributed by atoms with Crippen LogP contribution in [0.1, 0.15) is 6.42 Å². The third-order valence-corrected chi connectivity index (χ3v) is 2.51. The summed E-state index contributed by atoms with van der Waals surface area (Å²) in [4.78, 5) is 11.7. The van der Waals surface area contributed by atoms with E-state index < -0.39 is 0 Å². The zero-order chi connectivity index (χ0) is 10.7. The maximum absolute atomic E-state index is 11.7. The van der Waals surface area contributed by atoms with Gasteiger partial charge in [0.25, 0.3) is 0 Å². The molecule has 3 N–H and O–H groups in total. The Morgan fingerprint density at radius 3 is 3.20 bits per heavy atom. The minimum atomic E-state index is -0.176. The molecule has 1 aliphatic heterocycles. The highest BCUT2D eigenvalue weighted by Crippen LogP contribution is 2.11. The Labute approximate surface area is 87.4 Å². The van der Waals surface area contributed by atoms with Crippen LogP contribution in [0.5, 0.6) is 0 Å². The highest BCUT2D eigenvalue weighted by Gasteiger charge is 2.29. The number of carbonyl (C=O) groups excluding carboxylic acids is 1. The molecule has 15 heavy (non-hydrogen) atoms. The summed E-state index contributed by atoms with van der Waals surface area (Å²) >= 11 is 0. The largest absolute Gasteiger partial charge is 0.380 e. The highest BCUT2D eigenvalue weighted by molar-refractivity contribution is 5.94. The van der Waals surface area contributed by atoms with Crippen molar-refractivity contribution in [3.05, 3.63) is 12.4 Å². The normalized spacial score (nSPS) is 25.4. The van der Waals surface area contributed by atoms with Crippen molar-refractivity contribution in [1.29, 1.82) is 0 Å². The van der Waals surface area contributed by atoms with E-state index in [-0.39, 0.29) is 18.1 Å². The van der Waals surface area contributed by atoms with Crippen molar-refractivity contribution < 1.29 is 9.53 Å². The van der Waals surface area contributed by atoms with Gasteiger partial charge in [0.2, 0.25) is 5.91 Å². The Morgan fingerprint density at radius 1 is 1.73 bits per heavy atom. The Balaban J connectivity index is 1.87. The summed E-state index contributed by atoms with van der Waals surface area (Å²) in [7, 11) is 1.66. The first kappa shape index (κ1) is 10.1. The Bertz CT molecular complexity index is 325. The van der Waals surface area contributed by atoms with Crippen LogP contribution in [-0.2, 0) is 9.53 Å². The molecule has 1 fully saturated rings. The second-order valence-electron chi connectivity index (χ2n) is 3.53. The highest BCUT2D eigenvalue weighted by atomic mass is 16.5. The predicted molar refractivity (Wildman–Crippen MR) is 54.4 cm³/mol. The van der Waals surface area contributed by atoms with Gasteiger partial charge in [-0.3, -0.25) is 9.89 Å². The lowest BCUT2D eigenvalue weighted by atomic mass is 10.2. The lowest BCUT2D eigenvalue weighted by Gasteiger charge is -2.09. The molecule has 82 valence electrons. The summed E-state index contributed by atoms with van der Waals surface area (Å²) in [6, 6.07) is -0.176. The molecule has 1 saturated heterocycles. The molecule has 0 aliphatic carbocycles. The van der Waals surface area contributed by atoms with Gasteiger partial charge in [-0.2, -0.15) is 5.10 Å².